The van der Waals surface area contributed by atoms with Gasteiger partial charge in [0.2, 0.25) is 0 Å². The minimum absolute atomic E-state index is 0.226. The van der Waals surface area contributed by atoms with Crippen LogP contribution in [0.5, 0.6) is 5.75 Å². The highest BCUT2D eigenvalue weighted by molar-refractivity contribution is 9.10. The molecule has 0 saturated carbocycles. The molecule has 0 atom stereocenters. The Morgan fingerprint density at radius 2 is 1.86 bits per heavy atom. The first-order chi connectivity index (χ1) is 9.87. The maximum atomic E-state index is 12.3. The Bertz CT molecular complexity index is 641. The van der Waals surface area contributed by atoms with Crippen LogP contribution in [0.1, 0.15) is 13.8 Å². The van der Waals surface area contributed by atoms with Crippen molar-refractivity contribution in [2.75, 3.05) is 5.32 Å². The zero-order valence-electron chi connectivity index (χ0n) is 11.7. The van der Waals surface area contributed by atoms with Crippen LogP contribution in [0.15, 0.2) is 53.0 Å². The Morgan fingerprint density at radius 3 is 2.48 bits per heavy atom. The van der Waals surface area contributed by atoms with E-state index in [4.69, 9.17) is 16.3 Å². The van der Waals surface area contributed by atoms with Gasteiger partial charge in [0, 0.05) is 15.2 Å². The summed E-state index contributed by atoms with van der Waals surface area (Å²) in [5.74, 6) is 0.365. The van der Waals surface area contributed by atoms with Crippen LogP contribution in [0.25, 0.3) is 0 Å². The maximum absolute atomic E-state index is 12.3. The fourth-order valence-electron chi connectivity index (χ4n) is 1.69. The van der Waals surface area contributed by atoms with Crippen LogP contribution in [0.2, 0.25) is 5.02 Å². The first-order valence-electron chi connectivity index (χ1n) is 6.38. The molecule has 0 heterocycles. The van der Waals surface area contributed by atoms with Crippen molar-refractivity contribution < 1.29 is 9.53 Å². The van der Waals surface area contributed by atoms with Gasteiger partial charge in [0.25, 0.3) is 5.91 Å². The fourth-order valence-corrected chi connectivity index (χ4v) is 2.22. The molecular formula is C16H15BrClNO2. The SMILES string of the molecule is CC(C)(Oc1ccc(Cl)cc1)C(=O)Nc1cccc(Br)c1. The number of carbonyl (C=O) groups is 1. The largest absolute Gasteiger partial charge is 0.478 e. The molecule has 2 rings (SSSR count). The van der Waals surface area contributed by atoms with Crippen LogP contribution in [0.3, 0.4) is 0 Å². The number of ether oxygens (including phenoxy) is 1. The summed E-state index contributed by atoms with van der Waals surface area (Å²) >= 11 is 9.20. The van der Waals surface area contributed by atoms with E-state index in [1.807, 2.05) is 24.3 Å². The number of halogens is 2. The number of hydrogen-bond donors (Lipinski definition) is 1. The van der Waals surface area contributed by atoms with Gasteiger partial charge >= 0.3 is 0 Å². The minimum Gasteiger partial charge on any atom is -0.478 e. The van der Waals surface area contributed by atoms with Gasteiger partial charge in [0.1, 0.15) is 5.75 Å². The standard InChI is InChI=1S/C16H15BrClNO2/c1-16(2,21-14-8-6-12(18)7-9-14)15(20)19-13-5-3-4-11(17)10-13/h3-10H,1-2H3,(H,19,20). The molecule has 0 aromatic heterocycles. The minimum atomic E-state index is -1.00. The highest BCUT2D eigenvalue weighted by Crippen LogP contribution is 2.23. The Hall–Kier alpha value is -1.52. The summed E-state index contributed by atoms with van der Waals surface area (Å²) in [4.78, 5) is 12.3. The molecule has 0 bridgehead atoms. The number of hydrogen-bond acceptors (Lipinski definition) is 2. The van der Waals surface area contributed by atoms with Crippen molar-refractivity contribution in [3.63, 3.8) is 0 Å². The third-order valence-electron chi connectivity index (χ3n) is 2.82. The fraction of sp³-hybridized carbons (Fsp3) is 0.188. The number of benzene rings is 2. The maximum Gasteiger partial charge on any atom is 0.267 e. The van der Waals surface area contributed by atoms with Crippen molar-refractivity contribution in [1.29, 1.82) is 0 Å². The summed E-state index contributed by atoms with van der Waals surface area (Å²) in [6.45, 7) is 3.43. The molecule has 2 aromatic rings. The van der Waals surface area contributed by atoms with E-state index >= 15 is 0 Å². The van der Waals surface area contributed by atoms with Crippen LogP contribution in [-0.4, -0.2) is 11.5 Å². The van der Waals surface area contributed by atoms with Gasteiger partial charge in [-0.2, -0.15) is 0 Å². The molecule has 0 aliphatic heterocycles. The smallest absolute Gasteiger partial charge is 0.267 e. The lowest BCUT2D eigenvalue weighted by Gasteiger charge is -2.25. The summed E-state index contributed by atoms with van der Waals surface area (Å²) in [6.07, 6.45) is 0. The topological polar surface area (TPSA) is 38.3 Å². The van der Waals surface area contributed by atoms with Crippen LogP contribution in [0.4, 0.5) is 5.69 Å². The second kappa shape index (κ2) is 6.50. The lowest BCUT2D eigenvalue weighted by atomic mass is 10.1. The molecule has 1 N–H and O–H groups in total. The van der Waals surface area contributed by atoms with Crippen molar-refractivity contribution in [2.24, 2.45) is 0 Å². The van der Waals surface area contributed by atoms with Gasteiger partial charge in [0.05, 0.1) is 0 Å². The van der Waals surface area contributed by atoms with Gasteiger partial charge in [0.15, 0.2) is 5.60 Å². The molecule has 3 nitrogen and oxygen atoms in total. The van der Waals surface area contributed by atoms with Gasteiger partial charge < -0.3 is 10.1 Å². The zero-order chi connectivity index (χ0) is 15.5. The molecule has 0 fully saturated rings. The summed E-state index contributed by atoms with van der Waals surface area (Å²) in [5, 5.41) is 3.46. The van der Waals surface area contributed by atoms with Gasteiger partial charge in [-0.1, -0.05) is 33.6 Å². The molecule has 0 aliphatic rings. The molecule has 1 amide bonds. The van der Waals surface area contributed by atoms with E-state index < -0.39 is 5.60 Å². The summed E-state index contributed by atoms with van der Waals surface area (Å²) in [7, 11) is 0. The van der Waals surface area contributed by atoms with Crippen LogP contribution >= 0.6 is 27.5 Å². The highest BCUT2D eigenvalue weighted by Gasteiger charge is 2.30. The van der Waals surface area contributed by atoms with E-state index in [-0.39, 0.29) is 5.91 Å². The number of amides is 1. The molecule has 0 radical (unpaired) electrons. The number of anilines is 1. The van der Waals surface area contributed by atoms with Crippen LogP contribution in [0, 0.1) is 0 Å². The number of carbonyl (C=O) groups excluding carboxylic acids is 1. The van der Waals surface area contributed by atoms with Gasteiger partial charge in [-0.3, -0.25) is 4.79 Å². The molecule has 0 aliphatic carbocycles. The monoisotopic (exact) mass is 367 g/mol. The zero-order valence-corrected chi connectivity index (χ0v) is 14.0. The molecule has 0 saturated heterocycles. The Balaban J connectivity index is 2.07. The summed E-state index contributed by atoms with van der Waals surface area (Å²) in [6, 6.07) is 14.3. The molecular weight excluding hydrogens is 354 g/mol. The van der Waals surface area contributed by atoms with Crippen molar-refractivity contribution in [2.45, 2.75) is 19.4 Å². The van der Waals surface area contributed by atoms with Gasteiger partial charge in [-0.15, -0.1) is 0 Å². The molecule has 0 spiro atoms. The first-order valence-corrected chi connectivity index (χ1v) is 7.55. The van der Waals surface area contributed by atoms with E-state index in [0.717, 1.165) is 4.47 Å². The van der Waals surface area contributed by atoms with E-state index in [0.29, 0.717) is 16.5 Å². The van der Waals surface area contributed by atoms with Gasteiger partial charge in [-0.25, -0.2) is 0 Å². The molecule has 0 unspecified atom stereocenters. The van der Waals surface area contributed by atoms with E-state index in [1.54, 1.807) is 38.1 Å². The van der Waals surface area contributed by atoms with E-state index in [1.165, 1.54) is 0 Å². The van der Waals surface area contributed by atoms with Gasteiger partial charge in [-0.05, 0) is 56.3 Å². The third kappa shape index (κ3) is 4.48. The van der Waals surface area contributed by atoms with E-state index in [9.17, 15) is 4.79 Å². The van der Waals surface area contributed by atoms with Crippen molar-refractivity contribution in [3.8, 4) is 5.75 Å². The Kier molecular flexibility index (Phi) is 4.91. The third-order valence-corrected chi connectivity index (χ3v) is 3.56. The summed E-state index contributed by atoms with van der Waals surface area (Å²) in [5.41, 5.74) is -0.293. The molecule has 21 heavy (non-hydrogen) atoms. The number of nitrogens with one attached hydrogen (secondary N) is 1. The van der Waals surface area contributed by atoms with Crippen molar-refractivity contribution in [1.82, 2.24) is 0 Å². The number of rotatable bonds is 4. The Morgan fingerprint density at radius 1 is 1.19 bits per heavy atom. The lowest BCUT2D eigenvalue weighted by Crippen LogP contribution is -2.42. The predicted molar refractivity (Wildman–Crippen MR) is 88.9 cm³/mol. The van der Waals surface area contributed by atoms with E-state index in [2.05, 4.69) is 21.2 Å². The van der Waals surface area contributed by atoms with Crippen molar-refractivity contribution >= 4 is 39.1 Å². The second-order valence-electron chi connectivity index (χ2n) is 5.03. The molecule has 2 aromatic carbocycles. The Labute approximate surface area is 137 Å². The molecule has 110 valence electrons. The average Bonchev–Trinajstić information content (AvgIpc) is 2.41. The quantitative estimate of drug-likeness (QED) is 0.833. The van der Waals surface area contributed by atoms with Crippen LogP contribution < -0.4 is 10.1 Å². The molecule has 5 heteroatoms. The average molecular weight is 369 g/mol. The second-order valence-corrected chi connectivity index (χ2v) is 6.38. The highest BCUT2D eigenvalue weighted by atomic mass is 79.9. The normalized spacial score (nSPS) is 11.0. The van der Waals surface area contributed by atoms with Crippen LogP contribution in [-0.2, 0) is 4.79 Å². The predicted octanol–water partition coefficient (Wildman–Crippen LogP) is 4.90. The first kappa shape index (κ1) is 15.9. The van der Waals surface area contributed by atoms with Crippen molar-refractivity contribution in [3.05, 3.63) is 58.0 Å². The lowest BCUT2D eigenvalue weighted by molar-refractivity contribution is -0.128. The summed E-state index contributed by atoms with van der Waals surface area (Å²) < 4.78 is 6.64.